The molecule has 2 aromatic rings. The van der Waals surface area contributed by atoms with Crippen LogP contribution in [0.25, 0.3) is 12.8 Å². The first kappa shape index (κ1) is 30.0. The first-order chi connectivity index (χ1) is 19.3. The molecule has 0 bridgehead atoms. The number of hydrogen-bond acceptors (Lipinski definition) is 5. The van der Waals surface area contributed by atoms with E-state index in [0.717, 1.165) is 64.3 Å². The van der Waals surface area contributed by atoms with Gasteiger partial charge in [0.15, 0.2) is 0 Å². The smallest absolute Gasteiger partial charge is 0.251 e. The van der Waals surface area contributed by atoms with E-state index >= 15 is 0 Å². The maximum Gasteiger partial charge on any atom is 0.251 e. The topological polar surface area (TPSA) is 61.9 Å². The van der Waals surface area contributed by atoms with E-state index in [1.54, 1.807) is 0 Å². The number of likely N-dealkylation sites (tertiary alicyclic amines) is 1. The molecule has 216 valence electrons. The van der Waals surface area contributed by atoms with Crippen molar-refractivity contribution in [3.8, 4) is 0 Å². The minimum atomic E-state index is -0.0369. The van der Waals surface area contributed by atoms with E-state index in [9.17, 15) is 9.59 Å². The Labute approximate surface area is 240 Å². The Bertz CT molecular complexity index is 1230. The molecule has 1 saturated heterocycles. The van der Waals surface area contributed by atoms with Crippen LogP contribution >= 0.6 is 0 Å². The van der Waals surface area contributed by atoms with E-state index in [-0.39, 0.29) is 5.91 Å². The van der Waals surface area contributed by atoms with Crippen LogP contribution < -0.4 is 15.8 Å². The van der Waals surface area contributed by atoms with Crippen LogP contribution in [-0.2, 0) is 4.74 Å². The Hall–Kier alpha value is -2.96. The Balaban J connectivity index is 0.000000278. The SMILES string of the molecule is C=c1ccc(C(=O)NCCOCC2CC2)c(C)/c1=C/N(C)CC1CCN(C)CC1.O=Cc1ccc(C2CC2)cc1. The highest BCUT2D eigenvalue weighted by molar-refractivity contribution is 5.95. The van der Waals surface area contributed by atoms with Crippen LogP contribution in [0.1, 0.15) is 76.3 Å². The monoisotopic (exact) mass is 545 g/mol. The standard InChI is InChI=1S/C24H37N3O2.C10H10O/c1-18-5-8-22(24(28)25-11-14-29-17-21-6-7-21)19(2)23(18)16-27(4)15-20-9-12-26(3)13-10-20;11-7-8-1-3-9(4-2-8)10-5-6-10/h5,8,16,20-21H,1,6-7,9-15,17H2,2-4H3,(H,25,28);1-4,7,10H,5-6H2/b23-16+;. The molecule has 5 rings (SSSR count). The Morgan fingerprint density at radius 1 is 1.05 bits per heavy atom. The zero-order valence-electron chi connectivity index (χ0n) is 24.7. The normalized spacial score (nSPS) is 18.1. The summed E-state index contributed by atoms with van der Waals surface area (Å²) in [5.74, 6) is 2.23. The number of carbonyl (C=O) groups excluding carboxylic acids is 2. The van der Waals surface area contributed by atoms with Gasteiger partial charge in [0.25, 0.3) is 5.91 Å². The van der Waals surface area contributed by atoms with Crippen LogP contribution in [0.15, 0.2) is 36.4 Å². The number of amides is 1. The second-order valence-corrected chi connectivity index (χ2v) is 12.0. The lowest BCUT2D eigenvalue weighted by atomic mass is 9.96. The van der Waals surface area contributed by atoms with Crippen molar-refractivity contribution < 1.29 is 14.3 Å². The minimum Gasteiger partial charge on any atom is -0.380 e. The van der Waals surface area contributed by atoms with Gasteiger partial charge in [0, 0.05) is 49.3 Å². The Morgan fingerprint density at radius 3 is 2.38 bits per heavy atom. The summed E-state index contributed by atoms with van der Waals surface area (Å²) in [6.07, 6.45) is 10.7. The average Bonchev–Trinajstić information content (AvgIpc) is 3.87. The molecule has 1 amide bonds. The lowest BCUT2D eigenvalue weighted by Crippen LogP contribution is -2.37. The van der Waals surface area contributed by atoms with Crippen molar-refractivity contribution in [3.05, 3.63) is 69.1 Å². The van der Waals surface area contributed by atoms with Crippen molar-refractivity contribution in [1.82, 2.24) is 15.1 Å². The van der Waals surface area contributed by atoms with Crippen LogP contribution in [-0.4, -0.2) is 75.5 Å². The first-order valence-corrected chi connectivity index (χ1v) is 14.9. The van der Waals surface area contributed by atoms with Gasteiger partial charge in [-0.05, 0) is 106 Å². The van der Waals surface area contributed by atoms with Crippen molar-refractivity contribution in [2.24, 2.45) is 11.8 Å². The quantitative estimate of drug-likeness (QED) is 0.342. The van der Waals surface area contributed by atoms with Crippen molar-refractivity contribution in [3.63, 3.8) is 0 Å². The van der Waals surface area contributed by atoms with E-state index in [1.165, 1.54) is 57.2 Å². The third kappa shape index (κ3) is 9.31. The number of hydrogen-bond donors (Lipinski definition) is 1. The molecule has 0 aromatic heterocycles. The number of piperidine rings is 1. The van der Waals surface area contributed by atoms with Gasteiger partial charge in [-0.2, -0.15) is 0 Å². The molecule has 0 radical (unpaired) electrons. The molecule has 1 N–H and O–H groups in total. The summed E-state index contributed by atoms with van der Waals surface area (Å²) in [6, 6.07) is 11.7. The first-order valence-electron chi connectivity index (χ1n) is 14.9. The summed E-state index contributed by atoms with van der Waals surface area (Å²) in [6.45, 7) is 11.6. The molecule has 1 heterocycles. The largest absolute Gasteiger partial charge is 0.380 e. The lowest BCUT2D eigenvalue weighted by molar-refractivity contribution is 0.0905. The summed E-state index contributed by atoms with van der Waals surface area (Å²) < 4.78 is 5.61. The van der Waals surface area contributed by atoms with Crippen LogP contribution in [0, 0.1) is 18.8 Å². The summed E-state index contributed by atoms with van der Waals surface area (Å²) in [7, 11) is 4.32. The molecule has 3 aliphatic rings. The predicted octanol–water partition coefficient (Wildman–Crippen LogP) is 3.95. The number of rotatable bonds is 11. The molecule has 0 spiro atoms. The van der Waals surface area contributed by atoms with Crippen LogP contribution in [0.5, 0.6) is 0 Å². The fourth-order valence-corrected chi connectivity index (χ4v) is 5.27. The Kier molecular flexibility index (Phi) is 11.0. The summed E-state index contributed by atoms with van der Waals surface area (Å²) in [5.41, 5.74) is 3.87. The highest BCUT2D eigenvalue weighted by Crippen LogP contribution is 2.39. The molecule has 2 aliphatic carbocycles. The number of nitrogens with one attached hydrogen (secondary N) is 1. The Morgan fingerprint density at radius 2 is 1.75 bits per heavy atom. The van der Waals surface area contributed by atoms with Crippen LogP contribution in [0.4, 0.5) is 0 Å². The zero-order chi connectivity index (χ0) is 28.5. The number of carbonyl (C=O) groups is 2. The third-order valence-electron chi connectivity index (χ3n) is 8.29. The van der Waals surface area contributed by atoms with Crippen molar-refractivity contribution in [2.75, 3.05) is 53.5 Å². The van der Waals surface area contributed by atoms with Gasteiger partial charge < -0.3 is 19.9 Å². The van der Waals surface area contributed by atoms with Crippen LogP contribution in [0.2, 0.25) is 0 Å². The molecule has 1 aliphatic heterocycles. The van der Waals surface area contributed by atoms with E-state index < -0.39 is 0 Å². The second-order valence-electron chi connectivity index (χ2n) is 12.0. The minimum absolute atomic E-state index is 0.0369. The van der Waals surface area contributed by atoms with E-state index in [0.29, 0.717) is 13.2 Å². The molecule has 2 aromatic carbocycles. The highest BCUT2D eigenvalue weighted by atomic mass is 16.5. The van der Waals surface area contributed by atoms with Crippen molar-refractivity contribution in [2.45, 2.75) is 51.4 Å². The van der Waals surface area contributed by atoms with Gasteiger partial charge in [-0.25, -0.2) is 0 Å². The number of nitrogens with zero attached hydrogens (tertiary/aromatic N) is 2. The molecule has 2 saturated carbocycles. The summed E-state index contributed by atoms with van der Waals surface area (Å²) in [4.78, 5) is 27.6. The van der Waals surface area contributed by atoms with Crippen LogP contribution in [0.3, 0.4) is 0 Å². The molecule has 0 atom stereocenters. The molecular formula is C34H47N3O3. The van der Waals surface area contributed by atoms with E-state index in [4.69, 9.17) is 4.74 Å². The number of ether oxygens (including phenoxy) is 1. The zero-order valence-corrected chi connectivity index (χ0v) is 24.7. The van der Waals surface area contributed by atoms with Gasteiger partial charge in [-0.1, -0.05) is 36.9 Å². The summed E-state index contributed by atoms with van der Waals surface area (Å²) >= 11 is 0. The molecule has 40 heavy (non-hydrogen) atoms. The van der Waals surface area contributed by atoms with E-state index in [1.807, 2.05) is 31.2 Å². The molecule has 3 fully saturated rings. The van der Waals surface area contributed by atoms with Gasteiger partial charge in [-0.15, -0.1) is 0 Å². The third-order valence-corrected chi connectivity index (χ3v) is 8.29. The average molecular weight is 546 g/mol. The maximum absolute atomic E-state index is 12.7. The lowest BCUT2D eigenvalue weighted by Gasteiger charge is -2.31. The molecule has 6 nitrogen and oxygen atoms in total. The number of aldehydes is 1. The van der Waals surface area contributed by atoms with Gasteiger partial charge >= 0.3 is 0 Å². The second kappa shape index (κ2) is 14.6. The summed E-state index contributed by atoms with van der Waals surface area (Å²) in [5, 5.41) is 5.00. The molecular weight excluding hydrogens is 498 g/mol. The fraction of sp³-hybridized carbons (Fsp3) is 0.529. The fourth-order valence-electron chi connectivity index (χ4n) is 5.27. The van der Waals surface area contributed by atoms with Gasteiger partial charge in [0.2, 0.25) is 0 Å². The number of benzene rings is 2. The van der Waals surface area contributed by atoms with Crippen molar-refractivity contribution in [1.29, 1.82) is 0 Å². The van der Waals surface area contributed by atoms with E-state index in [2.05, 4.69) is 54.1 Å². The molecule has 6 heteroatoms. The van der Waals surface area contributed by atoms with Crippen molar-refractivity contribution >= 4 is 25.0 Å². The van der Waals surface area contributed by atoms with Gasteiger partial charge in [0.05, 0.1) is 6.61 Å². The van der Waals surface area contributed by atoms with Gasteiger partial charge in [-0.3, -0.25) is 9.59 Å². The highest BCUT2D eigenvalue weighted by Gasteiger charge is 2.23. The molecule has 0 unspecified atom stereocenters. The van der Waals surface area contributed by atoms with Gasteiger partial charge in [0.1, 0.15) is 6.29 Å². The predicted molar refractivity (Wildman–Crippen MR) is 163 cm³/mol. The maximum atomic E-state index is 12.7.